The number of para-hydroxylation sites is 1. The third-order valence-electron chi connectivity index (χ3n) is 3.34. The van der Waals surface area contributed by atoms with Crippen molar-refractivity contribution in [2.24, 2.45) is 5.92 Å². The maximum absolute atomic E-state index is 12.0. The average Bonchev–Trinajstić information content (AvgIpc) is 2.84. The van der Waals surface area contributed by atoms with E-state index in [-0.39, 0.29) is 18.2 Å². The number of carbonyl (C=O) groups excluding carboxylic acids is 1. The number of nitrogens with one attached hydrogen (secondary N) is 1. The van der Waals surface area contributed by atoms with Crippen LogP contribution in [-0.2, 0) is 16.0 Å². The summed E-state index contributed by atoms with van der Waals surface area (Å²) in [6, 6.07) is 7.07. The van der Waals surface area contributed by atoms with Crippen molar-refractivity contribution in [1.82, 2.24) is 0 Å². The predicted octanol–water partition coefficient (Wildman–Crippen LogP) is 2.44. The maximum atomic E-state index is 12.0. The van der Waals surface area contributed by atoms with Crippen LogP contribution >= 0.6 is 0 Å². The first-order valence-corrected chi connectivity index (χ1v) is 6.27. The highest BCUT2D eigenvalue weighted by atomic mass is 16.4. The molecule has 1 amide bonds. The number of carboxylic acid groups (broad SMARTS) is 1. The van der Waals surface area contributed by atoms with E-state index in [0.717, 1.165) is 25.7 Å². The fraction of sp³-hybridized carbons (Fsp3) is 0.429. The Morgan fingerprint density at radius 1 is 1.22 bits per heavy atom. The van der Waals surface area contributed by atoms with E-state index in [1.54, 1.807) is 24.3 Å². The van der Waals surface area contributed by atoms with Gasteiger partial charge in [-0.2, -0.15) is 0 Å². The number of amides is 1. The van der Waals surface area contributed by atoms with Crippen molar-refractivity contribution in [1.29, 1.82) is 0 Å². The molecule has 2 N–H and O–H groups in total. The molecule has 1 aromatic carbocycles. The van der Waals surface area contributed by atoms with Gasteiger partial charge >= 0.3 is 5.97 Å². The molecule has 1 aliphatic rings. The molecule has 0 atom stereocenters. The van der Waals surface area contributed by atoms with Crippen molar-refractivity contribution in [3.63, 3.8) is 0 Å². The Morgan fingerprint density at radius 2 is 1.89 bits per heavy atom. The second-order valence-corrected chi connectivity index (χ2v) is 4.70. The zero-order valence-corrected chi connectivity index (χ0v) is 10.2. The van der Waals surface area contributed by atoms with Crippen LogP contribution in [-0.4, -0.2) is 17.0 Å². The Bertz CT molecular complexity index is 450. The van der Waals surface area contributed by atoms with Crippen LogP contribution in [0.5, 0.6) is 0 Å². The lowest BCUT2D eigenvalue weighted by Gasteiger charge is -2.13. The van der Waals surface area contributed by atoms with Gasteiger partial charge in [0.1, 0.15) is 0 Å². The highest BCUT2D eigenvalue weighted by Crippen LogP contribution is 2.26. The number of rotatable bonds is 4. The third kappa shape index (κ3) is 3.09. The number of hydrogen-bond acceptors (Lipinski definition) is 2. The molecule has 0 aliphatic heterocycles. The molecule has 1 saturated carbocycles. The summed E-state index contributed by atoms with van der Waals surface area (Å²) in [5, 5.41) is 11.7. The Balaban J connectivity index is 2.07. The highest BCUT2D eigenvalue weighted by Gasteiger charge is 2.23. The average molecular weight is 247 g/mol. The summed E-state index contributed by atoms with van der Waals surface area (Å²) in [5.74, 6) is -0.786. The second kappa shape index (κ2) is 5.67. The summed E-state index contributed by atoms with van der Waals surface area (Å²) in [5.41, 5.74) is 1.27. The molecular formula is C14H17NO3. The first-order chi connectivity index (χ1) is 8.66. The maximum Gasteiger partial charge on any atom is 0.307 e. The van der Waals surface area contributed by atoms with Gasteiger partial charge in [0.15, 0.2) is 0 Å². The van der Waals surface area contributed by atoms with Gasteiger partial charge in [0.05, 0.1) is 6.42 Å². The van der Waals surface area contributed by atoms with E-state index >= 15 is 0 Å². The lowest BCUT2D eigenvalue weighted by atomic mass is 10.1. The van der Waals surface area contributed by atoms with Crippen LogP contribution in [0.4, 0.5) is 5.69 Å². The molecule has 4 nitrogen and oxygen atoms in total. The van der Waals surface area contributed by atoms with Crippen LogP contribution in [0.1, 0.15) is 31.2 Å². The van der Waals surface area contributed by atoms with Crippen molar-refractivity contribution < 1.29 is 14.7 Å². The van der Waals surface area contributed by atoms with Gasteiger partial charge in [-0.25, -0.2) is 0 Å². The zero-order chi connectivity index (χ0) is 13.0. The number of carbonyl (C=O) groups is 2. The van der Waals surface area contributed by atoms with E-state index in [0.29, 0.717) is 11.3 Å². The molecule has 2 rings (SSSR count). The molecule has 0 bridgehead atoms. The van der Waals surface area contributed by atoms with E-state index in [9.17, 15) is 9.59 Å². The topological polar surface area (TPSA) is 66.4 Å². The van der Waals surface area contributed by atoms with Gasteiger partial charge in [0.25, 0.3) is 0 Å². The summed E-state index contributed by atoms with van der Waals surface area (Å²) in [6.07, 6.45) is 4.02. The third-order valence-corrected chi connectivity index (χ3v) is 3.34. The van der Waals surface area contributed by atoms with Gasteiger partial charge in [-0.1, -0.05) is 31.0 Å². The number of hydrogen-bond donors (Lipinski definition) is 2. The van der Waals surface area contributed by atoms with Crippen LogP contribution in [0.3, 0.4) is 0 Å². The first-order valence-electron chi connectivity index (χ1n) is 6.27. The molecule has 1 aromatic rings. The molecule has 0 saturated heterocycles. The Labute approximate surface area is 106 Å². The minimum atomic E-state index is -0.891. The molecule has 18 heavy (non-hydrogen) atoms. The van der Waals surface area contributed by atoms with Gasteiger partial charge in [0.2, 0.25) is 5.91 Å². The Hall–Kier alpha value is -1.84. The van der Waals surface area contributed by atoms with Gasteiger partial charge in [-0.15, -0.1) is 0 Å². The van der Waals surface area contributed by atoms with Crippen molar-refractivity contribution in [3.05, 3.63) is 29.8 Å². The molecule has 4 heteroatoms. The molecule has 0 aromatic heterocycles. The van der Waals surface area contributed by atoms with Crippen LogP contribution in [0, 0.1) is 5.92 Å². The number of aliphatic carboxylic acids is 1. The molecule has 96 valence electrons. The second-order valence-electron chi connectivity index (χ2n) is 4.70. The summed E-state index contributed by atoms with van der Waals surface area (Å²) < 4.78 is 0. The van der Waals surface area contributed by atoms with Crippen LogP contribution < -0.4 is 5.32 Å². The smallest absolute Gasteiger partial charge is 0.307 e. The van der Waals surface area contributed by atoms with Crippen molar-refractivity contribution in [2.45, 2.75) is 32.1 Å². The standard InChI is InChI=1S/C14H17NO3/c16-13(17)9-11-7-3-4-8-12(11)15-14(18)10-5-1-2-6-10/h3-4,7-8,10H,1-2,5-6,9H2,(H,15,18)(H,16,17). The molecule has 0 heterocycles. The number of benzene rings is 1. The van der Waals surface area contributed by atoms with Gasteiger partial charge in [-0.3, -0.25) is 9.59 Å². The van der Waals surface area contributed by atoms with Gasteiger partial charge in [-0.05, 0) is 24.5 Å². The minimum absolute atomic E-state index is 0.0188. The van der Waals surface area contributed by atoms with Gasteiger partial charge in [0, 0.05) is 11.6 Å². The fourth-order valence-electron chi connectivity index (χ4n) is 2.38. The quantitative estimate of drug-likeness (QED) is 0.858. The molecule has 1 aliphatic carbocycles. The SMILES string of the molecule is O=C(O)Cc1ccccc1NC(=O)C1CCCC1. The van der Waals surface area contributed by atoms with E-state index in [4.69, 9.17) is 5.11 Å². The van der Waals surface area contributed by atoms with E-state index in [2.05, 4.69) is 5.32 Å². The molecule has 0 radical (unpaired) electrons. The first kappa shape index (κ1) is 12.6. The summed E-state index contributed by atoms with van der Waals surface area (Å²) in [6.45, 7) is 0. The largest absolute Gasteiger partial charge is 0.481 e. The fourth-order valence-corrected chi connectivity index (χ4v) is 2.38. The van der Waals surface area contributed by atoms with Gasteiger partial charge < -0.3 is 10.4 Å². The summed E-state index contributed by atoms with van der Waals surface area (Å²) >= 11 is 0. The van der Waals surface area contributed by atoms with Crippen molar-refractivity contribution >= 4 is 17.6 Å². The van der Waals surface area contributed by atoms with Crippen LogP contribution in [0.2, 0.25) is 0 Å². The Kier molecular flexibility index (Phi) is 3.97. The molecule has 0 spiro atoms. The van der Waals surface area contributed by atoms with Crippen molar-refractivity contribution in [2.75, 3.05) is 5.32 Å². The summed E-state index contributed by atoms with van der Waals surface area (Å²) in [7, 11) is 0. The van der Waals surface area contributed by atoms with E-state index in [1.807, 2.05) is 0 Å². The van der Waals surface area contributed by atoms with E-state index < -0.39 is 5.97 Å². The summed E-state index contributed by atoms with van der Waals surface area (Å²) in [4.78, 5) is 22.7. The van der Waals surface area contributed by atoms with Crippen molar-refractivity contribution in [3.8, 4) is 0 Å². The van der Waals surface area contributed by atoms with E-state index in [1.165, 1.54) is 0 Å². The highest BCUT2D eigenvalue weighted by molar-refractivity contribution is 5.94. The lowest BCUT2D eigenvalue weighted by Crippen LogP contribution is -2.21. The normalized spacial score (nSPS) is 15.6. The predicted molar refractivity (Wildman–Crippen MR) is 68.4 cm³/mol. The number of carboxylic acids is 1. The molecular weight excluding hydrogens is 230 g/mol. The Morgan fingerprint density at radius 3 is 2.56 bits per heavy atom. The lowest BCUT2D eigenvalue weighted by molar-refractivity contribution is -0.136. The zero-order valence-electron chi connectivity index (χ0n) is 10.2. The molecule has 1 fully saturated rings. The molecule has 0 unspecified atom stereocenters. The van der Waals surface area contributed by atoms with Crippen LogP contribution in [0.25, 0.3) is 0 Å². The van der Waals surface area contributed by atoms with Crippen LogP contribution in [0.15, 0.2) is 24.3 Å². The minimum Gasteiger partial charge on any atom is -0.481 e. The number of anilines is 1. The monoisotopic (exact) mass is 247 g/mol.